The first-order chi connectivity index (χ1) is 16.1. The number of aryl methyl sites for hydroxylation is 1. The molecular formula is C27H31FN2O3. The number of carbonyl (C=O) groups is 1. The Balaban J connectivity index is 1.56. The molecule has 0 amide bonds. The summed E-state index contributed by atoms with van der Waals surface area (Å²) in [5.41, 5.74) is 2.01. The Hall–Kier alpha value is -3.28. The molecule has 0 aliphatic rings. The summed E-state index contributed by atoms with van der Waals surface area (Å²) in [6, 6.07) is 12.3. The number of hydrogen-bond acceptors (Lipinski definition) is 5. The molecule has 0 fully saturated rings. The van der Waals surface area contributed by atoms with E-state index in [-0.39, 0.29) is 11.3 Å². The Morgan fingerprint density at radius 3 is 2.27 bits per heavy atom. The predicted molar refractivity (Wildman–Crippen MR) is 127 cm³/mol. The molecule has 0 unspecified atom stereocenters. The second-order valence-electron chi connectivity index (χ2n) is 7.98. The number of benzene rings is 2. The lowest BCUT2D eigenvalue weighted by molar-refractivity contribution is 0.0728. The van der Waals surface area contributed by atoms with Crippen LogP contribution in [0.25, 0.3) is 11.4 Å². The largest absolute Gasteiger partial charge is 0.494 e. The van der Waals surface area contributed by atoms with E-state index in [2.05, 4.69) is 29.0 Å². The van der Waals surface area contributed by atoms with Crippen LogP contribution >= 0.6 is 0 Å². The van der Waals surface area contributed by atoms with Crippen LogP contribution in [0.15, 0.2) is 54.9 Å². The summed E-state index contributed by atoms with van der Waals surface area (Å²) in [5.74, 6) is -0.446. The summed E-state index contributed by atoms with van der Waals surface area (Å²) in [4.78, 5) is 20.9. The molecule has 1 heterocycles. The third kappa shape index (κ3) is 7.38. The fourth-order valence-corrected chi connectivity index (χ4v) is 3.40. The molecule has 0 atom stereocenters. The van der Waals surface area contributed by atoms with E-state index >= 15 is 0 Å². The van der Waals surface area contributed by atoms with E-state index < -0.39 is 11.8 Å². The smallest absolute Gasteiger partial charge is 0.346 e. The Labute approximate surface area is 195 Å². The molecule has 0 saturated carbocycles. The molecule has 6 heteroatoms. The second-order valence-corrected chi connectivity index (χ2v) is 7.98. The van der Waals surface area contributed by atoms with Gasteiger partial charge in [-0.3, -0.25) is 0 Å². The lowest BCUT2D eigenvalue weighted by Gasteiger charge is -2.08. The minimum Gasteiger partial charge on any atom is -0.494 e. The monoisotopic (exact) mass is 450 g/mol. The number of ether oxygens (including phenoxy) is 2. The molecule has 33 heavy (non-hydrogen) atoms. The molecule has 0 bridgehead atoms. The van der Waals surface area contributed by atoms with Crippen LogP contribution in [0.4, 0.5) is 4.39 Å². The summed E-state index contributed by atoms with van der Waals surface area (Å²) in [6.07, 6.45) is 11.0. The van der Waals surface area contributed by atoms with Gasteiger partial charge in [-0.05, 0) is 37.0 Å². The van der Waals surface area contributed by atoms with Gasteiger partial charge < -0.3 is 9.47 Å². The number of nitrogens with zero attached hydrogens (tertiary/aromatic N) is 2. The number of halogens is 1. The van der Waals surface area contributed by atoms with Crippen LogP contribution < -0.4 is 9.47 Å². The summed E-state index contributed by atoms with van der Waals surface area (Å²) in [5, 5.41) is 0. The van der Waals surface area contributed by atoms with Gasteiger partial charge in [0, 0.05) is 11.6 Å². The molecule has 5 nitrogen and oxygen atoms in total. The van der Waals surface area contributed by atoms with E-state index in [1.165, 1.54) is 62.2 Å². The molecule has 0 spiro atoms. The maximum absolute atomic E-state index is 14.3. The molecule has 0 aliphatic carbocycles. The van der Waals surface area contributed by atoms with E-state index in [1.54, 1.807) is 6.07 Å². The van der Waals surface area contributed by atoms with Crippen LogP contribution in [0.2, 0.25) is 0 Å². The van der Waals surface area contributed by atoms with Gasteiger partial charge in [0.25, 0.3) is 0 Å². The molecule has 0 radical (unpaired) electrons. The van der Waals surface area contributed by atoms with Gasteiger partial charge in [0.1, 0.15) is 11.6 Å². The third-order valence-electron chi connectivity index (χ3n) is 5.25. The van der Waals surface area contributed by atoms with E-state index in [9.17, 15) is 9.18 Å². The Morgan fingerprint density at radius 2 is 1.61 bits per heavy atom. The van der Waals surface area contributed by atoms with Crippen molar-refractivity contribution in [2.45, 2.75) is 58.8 Å². The van der Waals surface area contributed by atoms with Gasteiger partial charge >= 0.3 is 5.97 Å². The Bertz CT molecular complexity index is 1020. The highest BCUT2D eigenvalue weighted by atomic mass is 19.1. The van der Waals surface area contributed by atoms with Crippen molar-refractivity contribution >= 4 is 5.97 Å². The molecular weight excluding hydrogens is 419 g/mol. The van der Waals surface area contributed by atoms with Gasteiger partial charge in [0.2, 0.25) is 0 Å². The van der Waals surface area contributed by atoms with Gasteiger partial charge in [-0.1, -0.05) is 63.8 Å². The van der Waals surface area contributed by atoms with Crippen LogP contribution in [0, 0.1) is 5.82 Å². The van der Waals surface area contributed by atoms with Crippen LogP contribution in [-0.4, -0.2) is 22.5 Å². The topological polar surface area (TPSA) is 61.3 Å². The van der Waals surface area contributed by atoms with Crippen molar-refractivity contribution in [1.82, 2.24) is 9.97 Å². The lowest BCUT2D eigenvalue weighted by Crippen LogP contribution is -2.11. The third-order valence-corrected chi connectivity index (χ3v) is 5.25. The normalized spacial score (nSPS) is 10.8. The summed E-state index contributed by atoms with van der Waals surface area (Å²) >= 11 is 0. The van der Waals surface area contributed by atoms with Crippen molar-refractivity contribution in [3.05, 3.63) is 71.8 Å². The standard InChI is InChI=1S/C27H31FN2O3/c1-3-5-6-7-8-9-20-10-12-21(13-11-20)26-29-18-23(19-30-26)33-27(31)24-15-14-22(17-25(24)28)32-16-4-2/h10-15,17-19H,3-9,16H2,1-2H3. The molecule has 1 aromatic heterocycles. The van der Waals surface area contributed by atoms with E-state index in [4.69, 9.17) is 9.47 Å². The summed E-state index contributed by atoms with van der Waals surface area (Å²) in [7, 11) is 0. The van der Waals surface area contributed by atoms with Gasteiger partial charge in [0.15, 0.2) is 11.6 Å². The molecule has 3 aromatic rings. The summed E-state index contributed by atoms with van der Waals surface area (Å²) < 4.78 is 24.9. The zero-order valence-corrected chi connectivity index (χ0v) is 19.4. The minimum absolute atomic E-state index is 0.151. The van der Waals surface area contributed by atoms with Crippen molar-refractivity contribution in [1.29, 1.82) is 0 Å². The van der Waals surface area contributed by atoms with Gasteiger partial charge in [-0.2, -0.15) is 0 Å². The average molecular weight is 451 g/mol. The highest BCUT2D eigenvalue weighted by molar-refractivity contribution is 5.91. The lowest BCUT2D eigenvalue weighted by atomic mass is 10.0. The number of carbonyl (C=O) groups excluding carboxylic acids is 1. The SMILES string of the molecule is CCCCCCCc1ccc(-c2ncc(OC(=O)c3ccc(OCCC)cc3F)cn2)cc1. The highest BCUT2D eigenvalue weighted by Crippen LogP contribution is 2.21. The first kappa shape index (κ1) is 24.4. The zero-order valence-electron chi connectivity index (χ0n) is 19.4. The summed E-state index contributed by atoms with van der Waals surface area (Å²) in [6.45, 7) is 4.66. The van der Waals surface area contributed by atoms with E-state index in [0.717, 1.165) is 18.4 Å². The second kappa shape index (κ2) is 12.7. The van der Waals surface area contributed by atoms with Crippen molar-refractivity contribution in [2.24, 2.45) is 0 Å². The van der Waals surface area contributed by atoms with Crippen molar-refractivity contribution in [3.8, 4) is 22.9 Å². The van der Waals surface area contributed by atoms with Crippen LogP contribution in [-0.2, 0) is 6.42 Å². The predicted octanol–water partition coefficient (Wildman–Crippen LogP) is 6.80. The molecule has 0 aliphatic heterocycles. The maximum Gasteiger partial charge on any atom is 0.346 e. The molecule has 3 rings (SSSR count). The maximum atomic E-state index is 14.3. The van der Waals surface area contributed by atoms with Gasteiger partial charge in [-0.15, -0.1) is 0 Å². The van der Waals surface area contributed by atoms with Crippen molar-refractivity contribution in [3.63, 3.8) is 0 Å². The Kier molecular flexibility index (Phi) is 9.36. The van der Waals surface area contributed by atoms with Crippen LogP contribution in [0.1, 0.15) is 68.3 Å². The molecule has 0 N–H and O–H groups in total. The van der Waals surface area contributed by atoms with Crippen LogP contribution in [0.5, 0.6) is 11.5 Å². The number of unbranched alkanes of at least 4 members (excludes halogenated alkanes) is 4. The number of aromatic nitrogens is 2. The van der Waals surface area contributed by atoms with Gasteiger partial charge in [-0.25, -0.2) is 19.2 Å². The quantitative estimate of drug-likeness (QED) is 0.224. The van der Waals surface area contributed by atoms with E-state index in [0.29, 0.717) is 18.2 Å². The molecule has 2 aromatic carbocycles. The Morgan fingerprint density at radius 1 is 0.879 bits per heavy atom. The van der Waals surface area contributed by atoms with Crippen LogP contribution in [0.3, 0.4) is 0 Å². The van der Waals surface area contributed by atoms with E-state index in [1.807, 2.05) is 19.1 Å². The fraction of sp³-hybridized carbons (Fsp3) is 0.370. The molecule has 174 valence electrons. The molecule has 0 saturated heterocycles. The first-order valence-corrected chi connectivity index (χ1v) is 11.7. The highest BCUT2D eigenvalue weighted by Gasteiger charge is 2.16. The fourth-order valence-electron chi connectivity index (χ4n) is 3.40. The zero-order chi connectivity index (χ0) is 23.5. The number of rotatable bonds is 12. The minimum atomic E-state index is -0.811. The first-order valence-electron chi connectivity index (χ1n) is 11.7. The van der Waals surface area contributed by atoms with Crippen molar-refractivity contribution in [2.75, 3.05) is 6.61 Å². The van der Waals surface area contributed by atoms with Gasteiger partial charge in [0.05, 0.1) is 24.6 Å². The average Bonchev–Trinajstić information content (AvgIpc) is 2.83. The number of hydrogen-bond donors (Lipinski definition) is 0. The van der Waals surface area contributed by atoms with Crippen molar-refractivity contribution < 1.29 is 18.7 Å². The number of esters is 1.